The van der Waals surface area contributed by atoms with Gasteiger partial charge in [-0.1, -0.05) is 36.4 Å². The van der Waals surface area contributed by atoms with Gasteiger partial charge in [-0.25, -0.2) is 15.0 Å². The largest absolute Gasteiger partial charge is 0.347 e. The van der Waals surface area contributed by atoms with Crippen LogP contribution in [0, 0.1) is 0 Å². The third kappa shape index (κ3) is 3.01. The number of nitrogens with one attached hydrogen (secondary N) is 2. The Morgan fingerprint density at radius 2 is 1.84 bits per heavy atom. The maximum absolute atomic E-state index is 4.96. The molecule has 0 amide bonds. The smallest absolute Gasteiger partial charge is 0.223 e. The Bertz CT molecular complexity index is 1270. The molecule has 1 fully saturated rings. The number of fused-ring (bicyclic) bond motifs is 5. The molecule has 0 bridgehead atoms. The second kappa shape index (κ2) is 7.17. The van der Waals surface area contributed by atoms with E-state index in [1.165, 1.54) is 16.7 Å². The molecule has 2 N–H and O–H groups in total. The van der Waals surface area contributed by atoms with E-state index in [2.05, 4.69) is 57.6 Å². The Morgan fingerprint density at radius 3 is 2.71 bits per heavy atom. The summed E-state index contributed by atoms with van der Waals surface area (Å²) in [5.74, 6) is 1.62. The third-order valence-corrected chi connectivity index (χ3v) is 6.99. The zero-order valence-electron chi connectivity index (χ0n) is 17.7. The van der Waals surface area contributed by atoms with Gasteiger partial charge in [0, 0.05) is 24.2 Å². The zero-order valence-corrected chi connectivity index (χ0v) is 17.7. The molecule has 0 atom stereocenters. The van der Waals surface area contributed by atoms with Gasteiger partial charge in [-0.2, -0.15) is 0 Å². The lowest BCUT2D eigenvalue weighted by Crippen LogP contribution is -2.43. The fraction of sp³-hybridized carbons (Fsp3) is 0.320. The first-order valence-electron chi connectivity index (χ1n) is 11.0. The van der Waals surface area contributed by atoms with Crippen molar-refractivity contribution in [2.24, 2.45) is 7.05 Å². The van der Waals surface area contributed by atoms with Gasteiger partial charge >= 0.3 is 0 Å². The Morgan fingerprint density at radius 1 is 1.03 bits per heavy atom. The van der Waals surface area contributed by atoms with Gasteiger partial charge in [0.05, 0.1) is 23.3 Å². The molecule has 6 heteroatoms. The summed E-state index contributed by atoms with van der Waals surface area (Å²) >= 11 is 0. The van der Waals surface area contributed by atoms with Crippen LogP contribution in [0.25, 0.3) is 22.3 Å². The van der Waals surface area contributed by atoms with Crippen LogP contribution in [0.4, 0.5) is 5.95 Å². The number of piperidine rings is 1. The van der Waals surface area contributed by atoms with Gasteiger partial charge in [0.1, 0.15) is 5.82 Å². The van der Waals surface area contributed by atoms with Crippen LogP contribution in [-0.4, -0.2) is 32.6 Å². The number of hydrogen-bond acceptors (Lipinski definition) is 5. The van der Waals surface area contributed by atoms with Crippen LogP contribution in [-0.2, 0) is 25.4 Å². The minimum atomic E-state index is 0.209. The number of aryl methyl sites for hydroxylation is 1. The molecule has 2 aliphatic rings. The predicted octanol–water partition coefficient (Wildman–Crippen LogP) is 3.82. The number of para-hydroxylation sites is 2. The highest BCUT2D eigenvalue weighted by molar-refractivity contribution is 5.76. The molecule has 6 nitrogen and oxygen atoms in total. The van der Waals surface area contributed by atoms with Crippen LogP contribution in [0.2, 0.25) is 0 Å². The van der Waals surface area contributed by atoms with E-state index in [9.17, 15) is 0 Å². The van der Waals surface area contributed by atoms with Crippen molar-refractivity contribution >= 4 is 17.0 Å². The molecule has 2 aromatic heterocycles. The standard InChI is InChI=1S/C25H26N6/c1-31-21-9-5-4-8-20(21)29-22(31)16-28-24-27-15-17-14-25(10-12-26-13-11-25)19-7-3-2-6-18(19)23(17)30-24/h2-9,15,26H,10-14,16H2,1H3,(H,27,28,30). The lowest BCUT2D eigenvalue weighted by molar-refractivity contribution is 0.302. The molecule has 1 aliphatic carbocycles. The minimum Gasteiger partial charge on any atom is -0.347 e. The topological polar surface area (TPSA) is 67.7 Å². The molecule has 4 aromatic rings. The molecule has 1 spiro atoms. The number of anilines is 1. The first-order chi connectivity index (χ1) is 15.2. The SMILES string of the molecule is Cn1c(CNc2ncc3c(n2)-c2ccccc2C2(CCNCC2)C3)nc2ccccc21. The Balaban J connectivity index is 1.32. The van der Waals surface area contributed by atoms with Crippen LogP contribution in [0.15, 0.2) is 54.7 Å². The lowest BCUT2D eigenvalue weighted by Gasteiger charge is -2.42. The normalized spacial score (nSPS) is 16.8. The molecule has 1 saturated heterocycles. The van der Waals surface area contributed by atoms with E-state index in [0.29, 0.717) is 12.5 Å². The molecule has 0 unspecified atom stereocenters. The predicted molar refractivity (Wildman–Crippen MR) is 123 cm³/mol. The van der Waals surface area contributed by atoms with Gasteiger partial charge in [0.2, 0.25) is 5.95 Å². The van der Waals surface area contributed by atoms with Crippen molar-refractivity contribution in [3.8, 4) is 11.3 Å². The van der Waals surface area contributed by atoms with Crippen LogP contribution >= 0.6 is 0 Å². The summed E-state index contributed by atoms with van der Waals surface area (Å²) in [5.41, 5.74) is 7.39. The van der Waals surface area contributed by atoms with Crippen molar-refractivity contribution in [3.63, 3.8) is 0 Å². The zero-order chi connectivity index (χ0) is 20.8. The highest BCUT2D eigenvalue weighted by Crippen LogP contribution is 2.46. The fourth-order valence-corrected chi connectivity index (χ4v) is 5.33. The summed E-state index contributed by atoms with van der Waals surface area (Å²) in [6, 6.07) is 17.0. The molecule has 0 radical (unpaired) electrons. The molecule has 0 saturated carbocycles. The van der Waals surface area contributed by atoms with Crippen molar-refractivity contribution in [1.82, 2.24) is 24.8 Å². The molecule has 156 valence electrons. The van der Waals surface area contributed by atoms with Gasteiger partial charge in [0.15, 0.2) is 0 Å². The number of hydrogen-bond donors (Lipinski definition) is 2. The Kier molecular flexibility index (Phi) is 4.28. The Labute approximate surface area is 181 Å². The maximum Gasteiger partial charge on any atom is 0.223 e. The van der Waals surface area contributed by atoms with Crippen LogP contribution in [0.5, 0.6) is 0 Å². The second-order valence-corrected chi connectivity index (χ2v) is 8.75. The van der Waals surface area contributed by atoms with E-state index in [1.807, 2.05) is 24.4 Å². The molecular formula is C25H26N6. The van der Waals surface area contributed by atoms with Crippen molar-refractivity contribution < 1.29 is 0 Å². The highest BCUT2D eigenvalue weighted by Gasteiger charge is 2.40. The quantitative estimate of drug-likeness (QED) is 0.537. The molecule has 3 heterocycles. The summed E-state index contributed by atoms with van der Waals surface area (Å²) in [7, 11) is 2.05. The minimum absolute atomic E-state index is 0.209. The van der Waals surface area contributed by atoms with Crippen molar-refractivity contribution in [1.29, 1.82) is 0 Å². The summed E-state index contributed by atoms with van der Waals surface area (Å²) in [4.78, 5) is 14.4. The molecule has 2 aromatic carbocycles. The van der Waals surface area contributed by atoms with Crippen LogP contribution in [0.3, 0.4) is 0 Å². The number of benzene rings is 2. The number of aromatic nitrogens is 4. The molecular weight excluding hydrogens is 384 g/mol. The maximum atomic E-state index is 4.96. The number of imidazole rings is 1. The third-order valence-electron chi connectivity index (χ3n) is 6.99. The fourth-order valence-electron chi connectivity index (χ4n) is 5.33. The van der Waals surface area contributed by atoms with E-state index in [1.54, 1.807) is 0 Å². The summed E-state index contributed by atoms with van der Waals surface area (Å²) in [6.07, 6.45) is 5.37. The monoisotopic (exact) mass is 410 g/mol. The van der Waals surface area contributed by atoms with Crippen molar-refractivity contribution in [3.05, 3.63) is 71.7 Å². The van der Waals surface area contributed by atoms with Crippen LogP contribution in [0.1, 0.15) is 29.8 Å². The second-order valence-electron chi connectivity index (χ2n) is 8.75. The summed E-state index contributed by atoms with van der Waals surface area (Å²) in [6.45, 7) is 2.73. The summed E-state index contributed by atoms with van der Waals surface area (Å²) < 4.78 is 2.12. The van der Waals surface area contributed by atoms with Crippen molar-refractivity contribution in [2.75, 3.05) is 18.4 Å². The molecule has 6 rings (SSSR count). The highest BCUT2D eigenvalue weighted by atomic mass is 15.1. The van der Waals surface area contributed by atoms with Crippen LogP contribution < -0.4 is 10.6 Å². The van der Waals surface area contributed by atoms with E-state index < -0.39 is 0 Å². The average molecular weight is 411 g/mol. The first-order valence-corrected chi connectivity index (χ1v) is 11.0. The lowest BCUT2D eigenvalue weighted by atomic mass is 9.64. The van der Waals surface area contributed by atoms with Gasteiger partial charge < -0.3 is 15.2 Å². The number of nitrogens with zero attached hydrogens (tertiary/aromatic N) is 4. The molecule has 31 heavy (non-hydrogen) atoms. The summed E-state index contributed by atoms with van der Waals surface area (Å²) in [5, 5.41) is 6.92. The van der Waals surface area contributed by atoms with E-state index in [4.69, 9.17) is 9.97 Å². The van der Waals surface area contributed by atoms with Gasteiger partial charge in [-0.05, 0) is 55.6 Å². The number of rotatable bonds is 3. The Hall–Kier alpha value is -3.25. The van der Waals surface area contributed by atoms with E-state index >= 15 is 0 Å². The van der Waals surface area contributed by atoms with Crippen molar-refractivity contribution in [2.45, 2.75) is 31.2 Å². The van der Waals surface area contributed by atoms with E-state index in [0.717, 1.165) is 54.9 Å². The molecule has 1 aliphatic heterocycles. The first kappa shape index (κ1) is 18.5. The van der Waals surface area contributed by atoms with Gasteiger partial charge in [-0.15, -0.1) is 0 Å². The van der Waals surface area contributed by atoms with Gasteiger partial charge in [-0.3, -0.25) is 0 Å². The average Bonchev–Trinajstić information content (AvgIpc) is 3.14. The van der Waals surface area contributed by atoms with Gasteiger partial charge in [0.25, 0.3) is 0 Å². The van der Waals surface area contributed by atoms with E-state index in [-0.39, 0.29) is 5.41 Å².